The van der Waals surface area contributed by atoms with Gasteiger partial charge in [-0.1, -0.05) is 18.2 Å². The summed E-state index contributed by atoms with van der Waals surface area (Å²) < 4.78 is 68.8. The number of rotatable bonds is 8. The van der Waals surface area contributed by atoms with Crippen LogP contribution in [0.4, 0.5) is 29.7 Å². The number of benzene rings is 2. The van der Waals surface area contributed by atoms with E-state index in [0.717, 1.165) is 54.8 Å². The largest absolute Gasteiger partial charge is 0.419 e. The zero-order chi connectivity index (χ0) is 35.9. The molecule has 0 radical (unpaired) electrons. The molecule has 7 rings (SSSR count). The average Bonchev–Trinajstić information content (AvgIpc) is 3.44. The van der Waals surface area contributed by atoms with Crippen LogP contribution in [0.1, 0.15) is 54.7 Å². The van der Waals surface area contributed by atoms with Crippen LogP contribution >= 0.6 is 0 Å². The Morgan fingerprint density at radius 2 is 1.67 bits per heavy atom. The van der Waals surface area contributed by atoms with E-state index in [1.807, 2.05) is 19.2 Å². The number of imide groups is 1. The molecule has 3 aliphatic rings. The summed E-state index contributed by atoms with van der Waals surface area (Å²) in [4.78, 5) is 35.7. The van der Waals surface area contributed by atoms with Gasteiger partial charge in [0.05, 0.1) is 16.0 Å². The summed E-state index contributed by atoms with van der Waals surface area (Å²) in [5.74, 6) is 0.672. The Kier molecular flexibility index (Phi) is 9.45. The maximum Gasteiger partial charge on any atom is 0.419 e. The Morgan fingerprint density at radius 3 is 2.35 bits per heavy atom. The van der Waals surface area contributed by atoms with Gasteiger partial charge in [0.2, 0.25) is 21.9 Å². The number of halogens is 3. The van der Waals surface area contributed by atoms with Gasteiger partial charge in [-0.2, -0.15) is 22.6 Å². The highest BCUT2D eigenvalue weighted by molar-refractivity contribution is 7.89. The number of sulfonamides is 1. The topological polar surface area (TPSA) is 146 Å². The van der Waals surface area contributed by atoms with Crippen molar-refractivity contribution in [3.63, 3.8) is 0 Å². The number of urea groups is 1. The molecule has 0 bridgehead atoms. The average molecular weight is 726 g/mol. The van der Waals surface area contributed by atoms with Crippen molar-refractivity contribution < 1.29 is 31.2 Å². The monoisotopic (exact) mass is 725 g/mol. The first-order chi connectivity index (χ1) is 24.3. The van der Waals surface area contributed by atoms with E-state index in [9.17, 15) is 31.2 Å². The SMILES string of the molecule is Cn1nc(N2CCC(=O)NC2=O)c2ccc(C3CCN(Cc4cccc(S(=O)(=O)N5CCC(Nc6ncc(C(F)(F)F)cn6)CC5)c4)CC3)cc21. The van der Waals surface area contributed by atoms with Crippen molar-refractivity contribution >= 4 is 44.6 Å². The highest BCUT2D eigenvalue weighted by Crippen LogP contribution is 2.34. The minimum absolute atomic E-state index is 0.0783. The predicted octanol–water partition coefficient (Wildman–Crippen LogP) is 4.47. The Labute approximate surface area is 292 Å². The number of nitrogens with zero attached hydrogens (tertiary/aromatic N) is 7. The van der Waals surface area contributed by atoms with Gasteiger partial charge in [0.25, 0.3) is 0 Å². The highest BCUT2D eigenvalue weighted by atomic mass is 32.2. The van der Waals surface area contributed by atoms with Crippen LogP contribution in [-0.2, 0) is 34.6 Å². The number of aromatic nitrogens is 4. The zero-order valence-electron chi connectivity index (χ0n) is 27.9. The van der Waals surface area contributed by atoms with Gasteiger partial charge >= 0.3 is 12.2 Å². The van der Waals surface area contributed by atoms with Crippen molar-refractivity contribution in [2.75, 3.05) is 42.9 Å². The van der Waals surface area contributed by atoms with E-state index in [0.29, 0.717) is 31.1 Å². The summed E-state index contributed by atoms with van der Waals surface area (Å²) >= 11 is 0. The van der Waals surface area contributed by atoms with Gasteiger partial charge in [0.1, 0.15) is 0 Å². The molecule has 2 aromatic heterocycles. The number of fused-ring (bicyclic) bond motifs is 1. The fourth-order valence-corrected chi connectivity index (χ4v) is 8.62. The van der Waals surface area contributed by atoms with E-state index < -0.39 is 27.8 Å². The maximum absolute atomic E-state index is 13.6. The van der Waals surface area contributed by atoms with E-state index >= 15 is 0 Å². The van der Waals surface area contributed by atoms with Crippen molar-refractivity contribution in [2.45, 2.75) is 61.7 Å². The van der Waals surface area contributed by atoms with Crippen LogP contribution in [0.5, 0.6) is 0 Å². The van der Waals surface area contributed by atoms with E-state index in [-0.39, 0.29) is 48.8 Å². The van der Waals surface area contributed by atoms with Crippen molar-refractivity contribution in [1.29, 1.82) is 0 Å². The maximum atomic E-state index is 13.6. The Balaban J connectivity index is 0.930. The number of likely N-dealkylation sites (tertiary alicyclic amines) is 1. The minimum atomic E-state index is -4.52. The highest BCUT2D eigenvalue weighted by Gasteiger charge is 2.33. The first-order valence-electron chi connectivity index (χ1n) is 16.9. The van der Waals surface area contributed by atoms with Crippen LogP contribution in [0.15, 0.2) is 59.8 Å². The lowest BCUT2D eigenvalue weighted by molar-refractivity contribution is -0.138. The number of alkyl halides is 3. The second-order valence-electron chi connectivity index (χ2n) is 13.3. The normalized spacial score (nSPS) is 19.1. The number of anilines is 2. The molecule has 2 N–H and O–H groups in total. The molecule has 0 atom stereocenters. The Bertz CT molecular complexity index is 2040. The van der Waals surface area contributed by atoms with Crippen molar-refractivity contribution in [3.8, 4) is 0 Å². The van der Waals surface area contributed by atoms with E-state index in [1.54, 1.807) is 22.9 Å². The smallest absolute Gasteiger partial charge is 0.351 e. The van der Waals surface area contributed by atoms with Crippen molar-refractivity contribution in [2.24, 2.45) is 7.05 Å². The summed E-state index contributed by atoms with van der Waals surface area (Å²) in [6.07, 6.45) is -0.0274. The molecule has 2 aromatic carbocycles. The van der Waals surface area contributed by atoms with Gasteiger partial charge < -0.3 is 5.32 Å². The number of amides is 3. The summed E-state index contributed by atoms with van der Waals surface area (Å²) in [5.41, 5.74) is 2.11. The first-order valence-corrected chi connectivity index (χ1v) is 18.3. The second-order valence-corrected chi connectivity index (χ2v) is 15.2. The van der Waals surface area contributed by atoms with E-state index in [2.05, 4.69) is 42.7 Å². The number of hydrogen-bond donors (Lipinski definition) is 2. The number of hydrogen-bond acceptors (Lipinski definition) is 9. The third kappa shape index (κ3) is 7.41. The predicted molar refractivity (Wildman–Crippen MR) is 182 cm³/mol. The van der Waals surface area contributed by atoms with Crippen LogP contribution in [0.3, 0.4) is 0 Å². The van der Waals surface area contributed by atoms with Crippen molar-refractivity contribution in [1.82, 2.24) is 34.3 Å². The zero-order valence-corrected chi connectivity index (χ0v) is 28.8. The lowest BCUT2D eigenvalue weighted by Crippen LogP contribution is -2.49. The van der Waals surface area contributed by atoms with Crippen LogP contribution in [0, 0.1) is 0 Å². The molecule has 3 aliphatic heterocycles. The molecule has 51 heavy (non-hydrogen) atoms. The fraction of sp³-hybridized carbons (Fsp3) is 0.441. The van der Waals surface area contributed by atoms with Gasteiger partial charge in [-0.25, -0.2) is 23.2 Å². The third-order valence-corrected chi connectivity index (χ3v) is 11.8. The molecular formula is C34H38F3N9O4S. The molecule has 17 heteroatoms. The number of carbonyl (C=O) groups is 2. The van der Waals surface area contributed by atoms with Gasteiger partial charge in [-0.15, -0.1) is 0 Å². The van der Waals surface area contributed by atoms with Crippen LogP contribution in [0.25, 0.3) is 10.9 Å². The molecule has 4 aromatic rings. The molecule has 3 saturated heterocycles. The quantitative estimate of drug-likeness (QED) is 0.269. The molecule has 0 spiro atoms. The van der Waals surface area contributed by atoms with Crippen LogP contribution in [-0.4, -0.2) is 88.1 Å². The minimum Gasteiger partial charge on any atom is -0.351 e. The Morgan fingerprint density at radius 1 is 0.941 bits per heavy atom. The van der Waals surface area contributed by atoms with Crippen LogP contribution < -0.4 is 15.5 Å². The third-order valence-electron chi connectivity index (χ3n) is 9.93. The molecular weight excluding hydrogens is 687 g/mol. The molecule has 0 aliphatic carbocycles. The number of carbonyl (C=O) groups excluding carboxylic acids is 2. The van der Waals surface area contributed by atoms with Gasteiger partial charge in [0, 0.05) is 63.5 Å². The molecule has 0 saturated carbocycles. The number of piperidine rings is 2. The summed E-state index contributed by atoms with van der Waals surface area (Å²) in [5, 5.41) is 10.8. The van der Waals surface area contributed by atoms with E-state index in [4.69, 9.17) is 0 Å². The van der Waals surface area contributed by atoms with E-state index in [1.165, 1.54) is 14.8 Å². The van der Waals surface area contributed by atoms with Crippen LogP contribution in [0.2, 0.25) is 0 Å². The number of aryl methyl sites for hydroxylation is 1. The Hall–Kier alpha value is -4.61. The van der Waals surface area contributed by atoms with Gasteiger partial charge in [-0.05, 0) is 80.1 Å². The van der Waals surface area contributed by atoms with Crippen molar-refractivity contribution in [3.05, 3.63) is 71.5 Å². The summed E-state index contributed by atoms with van der Waals surface area (Å²) in [7, 11) is -1.89. The number of nitrogens with one attached hydrogen (secondary N) is 2. The molecule has 270 valence electrons. The molecule has 3 amide bonds. The van der Waals surface area contributed by atoms with Gasteiger partial charge in [-0.3, -0.25) is 24.6 Å². The standard InChI is InChI=1S/C34H38F3N9O4S/c1-43-29-18-24(5-6-28(29)31(42-43)46-16-11-30(47)41-33(46)48)23-7-12-44(13-8-23)21-22-3-2-4-27(17-22)51(49,50)45-14-9-26(10-15-45)40-32-38-19-25(20-39-32)34(35,36)37/h2-6,17-20,23,26H,7-16,21H2,1H3,(H,38,39,40)(H,41,47,48). The molecule has 3 fully saturated rings. The lowest BCUT2D eigenvalue weighted by Gasteiger charge is -2.33. The first kappa shape index (κ1) is 34.8. The lowest BCUT2D eigenvalue weighted by atomic mass is 9.89. The van der Waals surface area contributed by atoms with Gasteiger partial charge in [0.15, 0.2) is 5.82 Å². The molecule has 13 nitrogen and oxygen atoms in total. The second kappa shape index (κ2) is 13.8. The summed E-state index contributed by atoms with van der Waals surface area (Å²) in [6.45, 7) is 3.13. The summed E-state index contributed by atoms with van der Waals surface area (Å²) in [6, 6.07) is 12.7. The fourth-order valence-electron chi connectivity index (χ4n) is 7.08. The molecule has 0 unspecified atom stereocenters. The molecule has 5 heterocycles.